The standard InChI is InChI=1S/C31H30N2O3/c1-19(26-18-27(26)23-6-4-3-5-7-23)32-28-20(2)33-36-29(28)24-10-8-21(9-11-24)22-12-14-25(15-13-22)31(16-17-31)30(34)35/h3-15,19,26-27,32H,16-18H2,1-2H3,(H,34,35)/t19?,26-,27-/m0/s1. The van der Waals surface area contributed by atoms with E-state index in [9.17, 15) is 9.90 Å². The number of benzene rings is 3. The van der Waals surface area contributed by atoms with Crippen molar-refractivity contribution in [3.05, 3.63) is 95.7 Å². The van der Waals surface area contributed by atoms with E-state index >= 15 is 0 Å². The first-order chi connectivity index (χ1) is 17.5. The molecule has 0 radical (unpaired) electrons. The predicted octanol–water partition coefficient (Wildman–Crippen LogP) is 7.04. The summed E-state index contributed by atoms with van der Waals surface area (Å²) < 4.78 is 5.75. The molecule has 5 heteroatoms. The van der Waals surface area contributed by atoms with E-state index < -0.39 is 11.4 Å². The number of carboxylic acid groups (broad SMARTS) is 1. The number of hydrogen-bond donors (Lipinski definition) is 2. The van der Waals surface area contributed by atoms with Gasteiger partial charge < -0.3 is 14.9 Å². The fourth-order valence-corrected chi connectivity index (χ4v) is 5.47. The molecule has 2 fully saturated rings. The number of nitrogens with one attached hydrogen (secondary N) is 1. The molecule has 2 aliphatic rings. The zero-order valence-electron chi connectivity index (χ0n) is 20.6. The molecule has 3 atom stereocenters. The molecule has 2 saturated carbocycles. The van der Waals surface area contributed by atoms with E-state index in [1.54, 1.807) is 0 Å². The van der Waals surface area contributed by atoms with Crippen molar-refractivity contribution in [2.45, 2.75) is 50.5 Å². The van der Waals surface area contributed by atoms with Gasteiger partial charge in [-0.3, -0.25) is 4.79 Å². The maximum Gasteiger partial charge on any atom is 0.314 e. The number of hydrogen-bond acceptors (Lipinski definition) is 4. The highest BCUT2D eigenvalue weighted by Crippen LogP contribution is 2.51. The molecule has 1 heterocycles. The van der Waals surface area contributed by atoms with E-state index in [-0.39, 0.29) is 0 Å². The summed E-state index contributed by atoms with van der Waals surface area (Å²) in [6.45, 7) is 4.22. The quantitative estimate of drug-likeness (QED) is 0.284. The van der Waals surface area contributed by atoms with Gasteiger partial charge in [0.2, 0.25) is 0 Å². The Morgan fingerprint density at radius 1 is 0.972 bits per heavy atom. The van der Waals surface area contributed by atoms with Crippen molar-refractivity contribution in [3.8, 4) is 22.5 Å². The van der Waals surface area contributed by atoms with Crippen LogP contribution in [0.4, 0.5) is 5.69 Å². The zero-order valence-corrected chi connectivity index (χ0v) is 20.6. The van der Waals surface area contributed by atoms with Crippen LogP contribution in [0.25, 0.3) is 22.5 Å². The molecule has 1 aromatic heterocycles. The van der Waals surface area contributed by atoms with Gasteiger partial charge in [0, 0.05) is 11.6 Å². The van der Waals surface area contributed by atoms with Crippen LogP contribution in [-0.2, 0) is 10.2 Å². The van der Waals surface area contributed by atoms with Crippen LogP contribution < -0.4 is 5.32 Å². The van der Waals surface area contributed by atoms with Crippen LogP contribution in [0.5, 0.6) is 0 Å². The molecule has 6 rings (SSSR count). The first-order valence-corrected chi connectivity index (χ1v) is 12.7. The van der Waals surface area contributed by atoms with Crippen LogP contribution >= 0.6 is 0 Å². The fourth-order valence-electron chi connectivity index (χ4n) is 5.47. The third-order valence-electron chi connectivity index (χ3n) is 8.02. The van der Waals surface area contributed by atoms with Crippen LogP contribution in [-0.4, -0.2) is 22.3 Å². The summed E-state index contributed by atoms with van der Waals surface area (Å²) in [6, 6.07) is 27.2. The monoisotopic (exact) mass is 478 g/mol. The molecule has 0 saturated heterocycles. The van der Waals surface area contributed by atoms with Gasteiger partial charge in [0.1, 0.15) is 11.4 Å². The summed E-state index contributed by atoms with van der Waals surface area (Å²) in [5.74, 6) is 1.23. The van der Waals surface area contributed by atoms with Gasteiger partial charge >= 0.3 is 5.97 Å². The Labute approximate surface area is 211 Å². The Bertz CT molecular complexity index is 1390. The highest BCUT2D eigenvalue weighted by Gasteiger charge is 2.51. The van der Waals surface area contributed by atoms with Crippen LogP contribution in [0.15, 0.2) is 83.4 Å². The van der Waals surface area contributed by atoms with Crippen LogP contribution in [0.1, 0.15) is 48.9 Å². The van der Waals surface area contributed by atoms with Crippen LogP contribution in [0.2, 0.25) is 0 Å². The minimum absolute atomic E-state index is 0.311. The lowest BCUT2D eigenvalue weighted by Gasteiger charge is -2.16. The number of aliphatic carboxylic acids is 1. The number of carboxylic acids is 1. The minimum atomic E-state index is -0.724. The van der Waals surface area contributed by atoms with E-state index in [1.165, 1.54) is 12.0 Å². The van der Waals surface area contributed by atoms with E-state index in [0.717, 1.165) is 52.2 Å². The molecule has 182 valence electrons. The molecule has 1 unspecified atom stereocenters. The van der Waals surface area contributed by atoms with Gasteiger partial charge in [-0.1, -0.05) is 84.0 Å². The molecule has 5 nitrogen and oxygen atoms in total. The van der Waals surface area contributed by atoms with Crippen molar-refractivity contribution in [2.24, 2.45) is 5.92 Å². The zero-order chi connectivity index (χ0) is 24.9. The van der Waals surface area contributed by atoms with Gasteiger partial charge in [0.05, 0.1) is 5.41 Å². The van der Waals surface area contributed by atoms with E-state index in [0.29, 0.717) is 17.9 Å². The Hall–Kier alpha value is -3.86. The summed E-state index contributed by atoms with van der Waals surface area (Å²) in [7, 11) is 0. The molecule has 0 spiro atoms. The first kappa shape index (κ1) is 22.6. The summed E-state index contributed by atoms with van der Waals surface area (Å²) >= 11 is 0. The Morgan fingerprint density at radius 2 is 1.58 bits per heavy atom. The fraction of sp³-hybridized carbons (Fsp3) is 0.290. The molecule has 4 aromatic rings. The Balaban J connectivity index is 1.17. The molecule has 2 N–H and O–H groups in total. The lowest BCUT2D eigenvalue weighted by molar-refractivity contribution is -0.140. The third kappa shape index (κ3) is 3.98. The summed E-state index contributed by atoms with van der Waals surface area (Å²) in [6.07, 6.45) is 2.63. The molecular formula is C31H30N2O3. The maximum absolute atomic E-state index is 11.6. The summed E-state index contributed by atoms with van der Waals surface area (Å²) in [4.78, 5) is 11.6. The first-order valence-electron chi connectivity index (χ1n) is 12.7. The van der Waals surface area contributed by atoms with Gasteiger partial charge in [-0.2, -0.15) is 0 Å². The average molecular weight is 479 g/mol. The van der Waals surface area contributed by atoms with Crippen molar-refractivity contribution in [1.29, 1.82) is 0 Å². The average Bonchev–Trinajstić information content (AvgIpc) is 3.83. The van der Waals surface area contributed by atoms with Crippen LogP contribution in [0, 0.1) is 12.8 Å². The van der Waals surface area contributed by atoms with Gasteiger partial charge in [0.25, 0.3) is 0 Å². The second kappa shape index (κ2) is 8.66. The van der Waals surface area contributed by atoms with Crippen molar-refractivity contribution in [1.82, 2.24) is 5.16 Å². The molecule has 3 aromatic carbocycles. The van der Waals surface area contributed by atoms with E-state index in [2.05, 4.69) is 72.0 Å². The van der Waals surface area contributed by atoms with Crippen LogP contribution in [0.3, 0.4) is 0 Å². The highest BCUT2D eigenvalue weighted by molar-refractivity contribution is 5.85. The topological polar surface area (TPSA) is 75.4 Å². The van der Waals surface area contributed by atoms with Crippen molar-refractivity contribution < 1.29 is 14.4 Å². The number of nitrogens with zero attached hydrogens (tertiary/aromatic N) is 1. The van der Waals surface area contributed by atoms with Gasteiger partial charge in [-0.25, -0.2) is 0 Å². The largest absolute Gasteiger partial charge is 0.481 e. The Kier molecular flexibility index (Phi) is 5.44. The maximum atomic E-state index is 11.6. The molecular weight excluding hydrogens is 448 g/mol. The minimum Gasteiger partial charge on any atom is -0.481 e. The molecule has 0 aliphatic heterocycles. The van der Waals surface area contributed by atoms with Crippen molar-refractivity contribution in [2.75, 3.05) is 5.32 Å². The normalized spacial score (nSPS) is 20.5. The number of anilines is 1. The van der Waals surface area contributed by atoms with Crippen molar-refractivity contribution in [3.63, 3.8) is 0 Å². The molecule has 36 heavy (non-hydrogen) atoms. The van der Waals surface area contributed by atoms with E-state index in [1.807, 2.05) is 31.2 Å². The number of aromatic nitrogens is 1. The highest BCUT2D eigenvalue weighted by atomic mass is 16.5. The van der Waals surface area contributed by atoms with Gasteiger partial charge in [-0.15, -0.1) is 0 Å². The number of rotatable bonds is 8. The molecule has 2 aliphatic carbocycles. The molecule has 0 amide bonds. The Morgan fingerprint density at radius 3 is 2.19 bits per heavy atom. The smallest absolute Gasteiger partial charge is 0.314 e. The van der Waals surface area contributed by atoms with Gasteiger partial charge in [0.15, 0.2) is 5.76 Å². The second-order valence-corrected chi connectivity index (χ2v) is 10.4. The lowest BCUT2D eigenvalue weighted by atomic mass is 9.93. The number of aryl methyl sites for hydroxylation is 1. The predicted molar refractivity (Wildman–Crippen MR) is 141 cm³/mol. The van der Waals surface area contributed by atoms with E-state index in [4.69, 9.17) is 4.52 Å². The number of carbonyl (C=O) groups is 1. The second-order valence-electron chi connectivity index (χ2n) is 10.4. The van der Waals surface area contributed by atoms with Crippen molar-refractivity contribution >= 4 is 11.7 Å². The third-order valence-corrected chi connectivity index (χ3v) is 8.02. The van der Waals surface area contributed by atoms with Gasteiger partial charge in [-0.05, 0) is 67.2 Å². The lowest BCUT2D eigenvalue weighted by Crippen LogP contribution is -2.19. The summed E-state index contributed by atoms with van der Waals surface area (Å²) in [5, 5.41) is 17.5. The SMILES string of the molecule is Cc1noc(-c2ccc(-c3ccc(C4(C(=O)O)CC4)cc3)cc2)c1NC(C)[C@@H]1C[C@H]1c1ccccc1. The molecule has 0 bridgehead atoms. The summed E-state index contributed by atoms with van der Waals surface area (Å²) in [5.41, 5.74) is 6.57.